The van der Waals surface area contributed by atoms with Crippen LogP contribution in [-0.4, -0.2) is 33.6 Å². The Morgan fingerprint density at radius 1 is 0.912 bits per heavy atom. The van der Waals surface area contributed by atoms with Crippen LogP contribution in [0.3, 0.4) is 0 Å². The van der Waals surface area contributed by atoms with Gasteiger partial charge in [0.05, 0.1) is 11.6 Å². The number of nitrogens with zero attached hydrogens (tertiary/aromatic N) is 4. The van der Waals surface area contributed by atoms with E-state index in [1.165, 1.54) is 0 Å². The highest BCUT2D eigenvalue weighted by Crippen LogP contribution is 2.38. The molecule has 1 aliphatic rings. The van der Waals surface area contributed by atoms with Crippen LogP contribution in [0.15, 0.2) is 84.4 Å². The first kappa shape index (κ1) is 21.3. The predicted octanol–water partition coefficient (Wildman–Crippen LogP) is 4.53. The summed E-state index contributed by atoms with van der Waals surface area (Å²) in [5.41, 5.74) is 13.6. The molecule has 34 heavy (non-hydrogen) atoms. The van der Waals surface area contributed by atoms with E-state index >= 15 is 0 Å². The van der Waals surface area contributed by atoms with Crippen LogP contribution >= 0.6 is 0 Å². The Hall–Kier alpha value is -4.52. The zero-order chi connectivity index (χ0) is 23.7. The van der Waals surface area contributed by atoms with E-state index in [9.17, 15) is 4.79 Å². The number of para-hydroxylation sites is 1. The van der Waals surface area contributed by atoms with E-state index in [4.69, 9.17) is 5.73 Å². The van der Waals surface area contributed by atoms with Gasteiger partial charge in [0, 0.05) is 18.3 Å². The van der Waals surface area contributed by atoms with Gasteiger partial charge in [-0.2, -0.15) is 5.21 Å². The van der Waals surface area contributed by atoms with Crippen molar-refractivity contribution in [2.75, 3.05) is 11.9 Å². The van der Waals surface area contributed by atoms with Crippen molar-refractivity contribution in [1.82, 2.24) is 20.6 Å². The number of nitrogens with one attached hydrogen (secondary N) is 1. The minimum atomic E-state index is -0.443. The van der Waals surface area contributed by atoms with Gasteiger partial charge in [-0.3, -0.25) is 4.79 Å². The fourth-order valence-electron chi connectivity index (χ4n) is 4.38. The molecule has 0 saturated carbocycles. The molecule has 0 bridgehead atoms. The van der Waals surface area contributed by atoms with Gasteiger partial charge in [-0.05, 0) is 46.0 Å². The van der Waals surface area contributed by atoms with Crippen LogP contribution in [0.4, 0.5) is 5.69 Å². The van der Waals surface area contributed by atoms with Crippen molar-refractivity contribution in [3.05, 3.63) is 95.6 Å². The van der Waals surface area contributed by atoms with E-state index in [0.29, 0.717) is 5.82 Å². The molecule has 0 aliphatic carbocycles. The fourth-order valence-corrected chi connectivity index (χ4v) is 4.38. The van der Waals surface area contributed by atoms with E-state index in [1.54, 1.807) is 0 Å². The monoisotopic (exact) mass is 448 g/mol. The average Bonchev–Trinajstić information content (AvgIpc) is 3.36. The lowest BCUT2D eigenvalue weighted by Gasteiger charge is -2.27. The summed E-state index contributed by atoms with van der Waals surface area (Å²) in [5, 5.41) is 14.5. The minimum Gasteiger partial charge on any atom is -0.369 e. The number of rotatable bonds is 5. The Labute approximate surface area is 197 Å². The lowest BCUT2D eigenvalue weighted by Crippen LogP contribution is -2.25. The molecule has 1 atom stereocenters. The van der Waals surface area contributed by atoms with Gasteiger partial charge in [0.1, 0.15) is 0 Å². The van der Waals surface area contributed by atoms with Gasteiger partial charge in [0.2, 0.25) is 11.7 Å². The van der Waals surface area contributed by atoms with Crippen LogP contribution in [-0.2, 0) is 4.79 Å². The minimum absolute atomic E-state index is 0.359. The first-order valence-corrected chi connectivity index (χ1v) is 11.0. The normalized spacial score (nSPS) is 14.0. The molecule has 3 aromatic carbocycles. The maximum atomic E-state index is 12.2. The summed E-state index contributed by atoms with van der Waals surface area (Å²) in [6, 6.07) is 24.4. The third-order valence-corrected chi connectivity index (χ3v) is 6.23. The smallest absolute Gasteiger partial charge is 0.224 e. The van der Waals surface area contributed by atoms with Crippen LogP contribution in [0.1, 0.15) is 18.1 Å². The van der Waals surface area contributed by atoms with E-state index in [1.807, 2.05) is 62.5 Å². The Balaban J connectivity index is 1.62. The Bertz CT molecular complexity index is 1400. The number of allylic oxidation sites excluding steroid dienone is 1. The number of benzene rings is 3. The predicted molar refractivity (Wildman–Crippen MR) is 134 cm³/mol. The Kier molecular flexibility index (Phi) is 5.51. The average molecular weight is 449 g/mol. The largest absolute Gasteiger partial charge is 0.369 e. The first-order chi connectivity index (χ1) is 16.5. The molecule has 7 heteroatoms. The standard InChI is InChI=1S/C27H24N6O/c1-17(26(28)34)21-16-15-19-7-3-6-10-24(19)33(2)25(21)20-13-11-18(12-14-20)22-8-4-5-9-23(22)27-29-31-32-30-27/h3-17H,1-2H3,(H2,28,34)(H,29,30,31,32). The highest BCUT2D eigenvalue weighted by molar-refractivity contribution is 5.93. The summed E-state index contributed by atoms with van der Waals surface area (Å²) in [7, 11) is 2.02. The number of aromatic amines is 1. The SMILES string of the molecule is CC(C(N)=O)C1=C(c2ccc(-c3ccccc3-c3nn[nH]n3)cc2)N(C)c2ccccc2C=C1. The van der Waals surface area contributed by atoms with Gasteiger partial charge in [0.15, 0.2) is 0 Å². The number of carbonyl (C=O) groups is 1. The van der Waals surface area contributed by atoms with E-state index in [-0.39, 0.29) is 5.91 Å². The molecule has 3 N–H and O–H groups in total. The van der Waals surface area contributed by atoms with Gasteiger partial charge < -0.3 is 10.6 Å². The molecule has 0 saturated heterocycles. The van der Waals surface area contributed by atoms with Gasteiger partial charge in [-0.1, -0.05) is 78.9 Å². The van der Waals surface area contributed by atoms with Crippen LogP contribution in [0.5, 0.6) is 0 Å². The first-order valence-electron chi connectivity index (χ1n) is 11.0. The molecule has 5 rings (SSSR count). The second-order valence-corrected chi connectivity index (χ2v) is 8.24. The number of hydrogen-bond donors (Lipinski definition) is 2. The summed E-state index contributed by atoms with van der Waals surface area (Å²) < 4.78 is 0. The van der Waals surface area contributed by atoms with Crippen LogP contribution < -0.4 is 10.6 Å². The molecule has 0 fully saturated rings. The Morgan fingerprint density at radius 2 is 1.59 bits per heavy atom. The molecule has 168 valence electrons. The molecule has 1 unspecified atom stereocenters. The second kappa shape index (κ2) is 8.78. The number of aromatic nitrogens is 4. The summed E-state index contributed by atoms with van der Waals surface area (Å²) in [6.45, 7) is 1.85. The lowest BCUT2D eigenvalue weighted by molar-refractivity contribution is -0.120. The van der Waals surface area contributed by atoms with Crippen molar-refractivity contribution >= 4 is 23.4 Å². The number of carbonyl (C=O) groups excluding carboxylic acids is 1. The number of anilines is 1. The molecule has 1 amide bonds. The molecule has 4 aromatic rings. The number of nitrogens with two attached hydrogens (primary N) is 1. The summed E-state index contributed by atoms with van der Waals surface area (Å²) in [6.07, 6.45) is 4.05. The number of fused-ring (bicyclic) bond motifs is 1. The quantitative estimate of drug-likeness (QED) is 0.467. The van der Waals surface area contributed by atoms with E-state index < -0.39 is 5.92 Å². The molecule has 2 heterocycles. The summed E-state index contributed by atoms with van der Waals surface area (Å²) in [4.78, 5) is 14.3. The zero-order valence-electron chi connectivity index (χ0n) is 18.9. The van der Waals surface area contributed by atoms with Crippen molar-refractivity contribution in [2.45, 2.75) is 6.92 Å². The van der Waals surface area contributed by atoms with Gasteiger partial charge in [-0.15, -0.1) is 10.2 Å². The van der Waals surface area contributed by atoms with Gasteiger partial charge in [-0.25, -0.2) is 0 Å². The van der Waals surface area contributed by atoms with E-state index in [0.717, 1.165) is 44.8 Å². The maximum Gasteiger partial charge on any atom is 0.224 e. The number of H-pyrrole nitrogens is 1. The van der Waals surface area contributed by atoms with Crippen LogP contribution in [0.2, 0.25) is 0 Å². The lowest BCUT2D eigenvalue weighted by atomic mass is 9.92. The van der Waals surface area contributed by atoms with Crippen molar-refractivity contribution in [1.29, 1.82) is 0 Å². The third-order valence-electron chi connectivity index (χ3n) is 6.23. The summed E-state index contributed by atoms with van der Waals surface area (Å²) in [5.74, 6) is -0.256. The number of tetrazole rings is 1. The molecule has 0 spiro atoms. The van der Waals surface area contributed by atoms with Crippen molar-refractivity contribution in [2.24, 2.45) is 11.7 Å². The van der Waals surface area contributed by atoms with Crippen LogP contribution in [0.25, 0.3) is 34.3 Å². The molecule has 0 radical (unpaired) electrons. The van der Waals surface area contributed by atoms with Crippen molar-refractivity contribution in [3.63, 3.8) is 0 Å². The highest BCUT2D eigenvalue weighted by Gasteiger charge is 2.24. The molecule has 1 aromatic heterocycles. The van der Waals surface area contributed by atoms with E-state index in [2.05, 4.69) is 61.9 Å². The third kappa shape index (κ3) is 3.77. The number of amides is 1. The topological polar surface area (TPSA) is 101 Å². The number of hydrogen-bond acceptors (Lipinski definition) is 5. The Morgan fingerprint density at radius 3 is 2.29 bits per heavy atom. The molecule has 7 nitrogen and oxygen atoms in total. The molecule has 1 aliphatic heterocycles. The maximum absolute atomic E-state index is 12.2. The number of primary amides is 1. The molecular formula is C27H24N6O. The van der Waals surface area contributed by atoms with Crippen molar-refractivity contribution in [3.8, 4) is 22.5 Å². The zero-order valence-corrected chi connectivity index (χ0v) is 18.9. The van der Waals surface area contributed by atoms with Crippen LogP contribution in [0, 0.1) is 5.92 Å². The second-order valence-electron chi connectivity index (χ2n) is 8.24. The van der Waals surface area contributed by atoms with Crippen molar-refractivity contribution < 1.29 is 4.79 Å². The fraction of sp³-hybridized carbons (Fsp3) is 0.111. The van der Waals surface area contributed by atoms with Gasteiger partial charge in [0.25, 0.3) is 0 Å². The highest BCUT2D eigenvalue weighted by atomic mass is 16.1. The summed E-state index contributed by atoms with van der Waals surface area (Å²) >= 11 is 0. The van der Waals surface area contributed by atoms with Gasteiger partial charge >= 0.3 is 0 Å². The molecular weight excluding hydrogens is 424 g/mol.